The Morgan fingerprint density at radius 2 is 2.11 bits per heavy atom. The van der Waals surface area contributed by atoms with Gasteiger partial charge in [0, 0.05) is 6.54 Å². The Morgan fingerprint density at radius 3 is 2.78 bits per heavy atom. The molecule has 0 aliphatic carbocycles. The molecule has 1 amide bonds. The van der Waals surface area contributed by atoms with Crippen LogP contribution in [0, 0.1) is 0 Å². The van der Waals surface area contributed by atoms with E-state index in [9.17, 15) is 4.79 Å². The first-order valence-electron chi connectivity index (χ1n) is 5.81. The summed E-state index contributed by atoms with van der Waals surface area (Å²) in [5.41, 5.74) is 1.46. The predicted octanol–water partition coefficient (Wildman–Crippen LogP) is 2.77. The second-order valence-electron chi connectivity index (χ2n) is 3.85. The van der Waals surface area contributed by atoms with E-state index in [-0.39, 0.29) is 5.91 Å². The van der Waals surface area contributed by atoms with Crippen LogP contribution in [0.3, 0.4) is 0 Å². The minimum atomic E-state index is -0.106. The summed E-state index contributed by atoms with van der Waals surface area (Å²) in [6.45, 7) is 2.69. The van der Waals surface area contributed by atoms with Gasteiger partial charge in [-0.2, -0.15) is 5.10 Å². The fourth-order valence-corrected chi connectivity index (χ4v) is 2.15. The topological polar surface area (TPSA) is 46.9 Å². The maximum Gasteiger partial charge on any atom is 0.255 e. The van der Waals surface area contributed by atoms with Crippen LogP contribution in [0.4, 0.5) is 0 Å². The molecule has 0 bridgehead atoms. The Balaban J connectivity index is 2.27. The minimum Gasteiger partial charge on any atom is -0.352 e. The second kappa shape index (κ2) is 5.82. The highest BCUT2D eigenvalue weighted by molar-refractivity contribution is 9.10. The van der Waals surface area contributed by atoms with Gasteiger partial charge in [-0.25, -0.2) is 4.68 Å². The summed E-state index contributed by atoms with van der Waals surface area (Å²) >= 11 is 3.42. The van der Waals surface area contributed by atoms with Gasteiger partial charge in [0.15, 0.2) is 0 Å². The molecule has 0 radical (unpaired) electrons. The average Bonchev–Trinajstić information content (AvgIpc) is 2.79. The van der Waals surface area contributed by atoms with Crippen LogP contribution in [0.2, 0.25) is 0 Å². The zero-order valence-corrected chi connectivity index (χ0v) is 11.6. The Bertz CT molecular complexity index is 536. The van der Waals surface area contributed by atoms with E-state index in [0.717, 1.165) is 12.1 Å². The van der Waals surface area contributed by atoms with Crippen LogP contribution >= 0.6 is 15.9 Å². The van der Waals surface area contributed by atoms with Crippen molar-refractivity contribution in [3.05, 3.63) is 46.7 Å². The lowest BCUT2D eigenvalue weighted by atomic mass is 10.3. The molecule has 1 heterocycles. The Labute approximate surface area is 114 Å². The molecule has 0 atom stereocenters. The van der Waals surface area contributed by atoms with Gasteiger partial charge in [0.05, 0.1) is 17.4 Å². The van der Waals surface area contributed by atoms with Crippen molar-refractivity contribution in [1.82, 2.24) is 15.1 Å². The molecule has 94 valence electrons. The van der Waals surface area contributed by atoms with E-state index in [1.165, 1.54) is 0 Å². The number of para-hydroxylation sites is 1. The fourth-order valence-electron chi connectivity index (χ4n) is 1.57. The summed E-state index contributed by atoms with van der Waals surface area (Å²) in [5, 5.41) is 7.06. The van der Waals surface area contributed by atoms with E-state index < -0.39 is 0 Å². The zero-order chi connectivity index (χ0) is 13.0. The van der Waals surface area contributed by atoms with Crippen molar-refractivity contribution in [3.8, 4) is 5.69 Å². The second-order valence-corrected chi connectivity index (χ2v) is 4.60. The number of carbonyl (C=O) groups is 1. The number of halogens is 1. The van der Waals surface area contributed by atoms with E-state index >= 15 is 0 Å². The third-order valence-electron chi connectivity index (χ3n) is 2.49. The van der Waals surface area contributed by atoms with Crippen molar-refractivity contribution in [2.24, 2.45) is 0 Å². The van der Waals surface area contributed by atoms with E-state index in [2.05, 4.69) is 26.3 Å². The number of hydrogen-bond acceptors (Lipinski definition) is 2. The highest BCUT2D eigenvalue weighted by atomic mass is 79.9. The van der Waals surface area contributed by atoms with Crippen molar-refractivity contribution in [2.45, 2.75) is 13.3 Å². The summed E-state index contributed by atoms with van der Waals surface area (Å²) in [6, 6.07) is 9.67. The molecule has 1 aromatic carbocycles. The van der Waals surface area contributed by atoms with Crippen molar-refractivity contribution in [1.29, 1.82) is 0 Å². The summed E-state index contributed by atoms with van der Waals surface area (Å²) in [7, 11) is 0. The maximum absolute atomic E-state index is 11.9. The molecule has 2 rings (SSSR count). The van der Waals surface area contributed by atoms with Crippen LogP contribution < -0.4 is 5.32 Å². The van der Waals surface area contributed by atoms with Gasteiger partial charge in [-0.1, -0.05) is 25.1 Å². The molecule has 4 nitrogen and oxygen atoms in total. The first kappa shape index (κ1) is 12.8. The highest BCUT2D eigenvalue weighted by Gasteiger charge is 2.15. The van der Waals surface area contributed by atoms with Gasteiger partial charge in [0.1, 0.15) is 4.60 Å². The standard InChI is InChI=1S/C13H14BrN3O/c1-2-8-15-13(18)11-9-16-17(12(11)14)10-6-4-3-5-7-10/h3-7,9H,2,8H2,1H3,(H,15,18). The first-order valence-corrected chi connectivity index (χ1v) is 6.60. The van der Waals surface area contributed by atoms with Gasteiger partial charge in [-0.05, 0) is 34.5 Å². The summed E-state index contributed by atoms with van der Waals surface area (Å²) in [5.74, 6) is -0.106. The first-order chi connectivity index (χ1) is 8.74. The van der Waals surface area contributed by atoms with Gasteiger partial charge < -0.3 is 5.32 Å². The number of carbonyl (C=O) groups excluding carboxylic acids is 1. The van der Waals surface area contributed by atoms with Gasteiger partial charge in [-0.3, -0.25) is 4.79 Å². The Kier molecular flexibility index (Phi) is 4.15. The monoisotopic (exact) mass is 307 g/mol. The minimum absolute atomic E-state index is 0.106. The van der Waals surface area contributed by atoms with E-state index in [4.69, 9.17) is 0 Å². The van der Waals surface area contributed by atoms with Crippen molar-refractivity contribution < 1.29 is 4.79 Å². The summed E-state index contributed by atoms with van der Waals surface area (Å²) in [4.78, 5) is 11.9. The largest absolute Gasteiger partial charge is 0.352 e. The van der Waals surface area contributed by atoms with Crippen molar-refractivity contribution in [3.63, 3.8) is 0 Å². The lowest BCUT2D eigenvalue weighted by Gasteiger charge is -2.04. The molecule has 0 aliphatic rings. The normalized spacial score (nSPS) is 10.3. The molecule has 0 unspecified atom stereocenters. The number of rotatable bonds is 4. The summed E-state index contributed by atoms with van der Waals surface area (Å²) in [6.07, 6.45) is 2.48. The van der Waals surface area contributed by atoms with Crippen LogP contribution in [0.15, 0.2) is 41.1 Å². The molecule has 0 saturated carbocycles. The third-order valence-corrected chi connectivity index (χ3v) is 3.25. The lowest BCUT2D eigenvalue weighted by Crippen LogP contribution is -2.23. The van der Waals surface area contributed by atoms with Crippen LogP contribution in [0.25, 0.3) is 5.69 Å². The fraction of sp³-hybridized carbons (Fsp3) is 0.231. The predicted molar refractivity (Wildman–Crippen MR) is 73.9 cm³/mol. The van der Waals surface area contributed by atoms with Crippen LogP contribution in [-0.2, 0) is 0 Å². The lowest BCUT2D eigenvalue weighted by molar-refractivity contribution is 0.0953. The van der Waals surface area contributed by atoms with E-state index in [1.807, 2.05) is 37.3 Å². The molecule has 2 aromatic rings. The maximum atomic E-state index is 11.9. The van der Waals surface area contributed by atoms with Gasteiger partial charge in [0.2, 0.25) is 0 Å². The molecule has 0 spiro atoms. The molecule has 18 heavy (non-hydrogen) atoms. The third kappa shape index (κ3) is 2.61. The molecule has 0 saturated heterocycles. The molecular formula is C13H14BrN3O. The van der Waals surface area contributed by atoms with E-state index in [1.54, 1.807) is 10.9 Å². The molecule has 0 fully saturated rings. The van der Waals surface area contributed by atoms with Crippen molar-refractivity contribution in [2.75, 3.05) is 6.54 Å². The molecular weight excluding hydrogens is 294 g/mol. The molecule has 1 N–H and O–H groups in total. The Morgan fingerprint density at radius 1 is 1.39 bits per heavy atom. The SMILES string of the molecule is CCCNC(=O)c1cnn(-c2ccccc2)c1Br. The number of amides is 1. The Hall–Kier alpha value is -1.62. The quantitative estimate of drug-likeness (QED) is 0.944. The smallest absolute Gasteiger partial charge is 0.255 e. The zero-order valence-electron chi connectivity index (χ0n) is 10.1. The molecule has 5 heteroatoms. The van der Waals surface area contributed by atoms with Gasteiger partial charge in [-0.15, -0.1) is 0 Å². The van der Waals surface area contributed by atoms with Crippen LogP contribution in [0.5, 0.6) is 0 Å². The summed E-state index contributed by atoms with van der Waals surface area (Å²) < 4.78 is 2.36. The molecule has 1 aromatic heterocycles. The van der Waals surface area contributed by atoms with E-state index in [0.29, 0.717) is 16.7 Å². The molecule has 0 aliphatic heterocycles. The van der Waals surface area contributed by atoms with Gasteiger partial charge in [0.25, 0.3) is 5.91 Å². The average molecular weight is 308 g/mol. The number of hydrogen-bond donors (Lipinski definition) is 1. The number of benzene rings is 1. The highest BCUT2D eigenvalue weighted by Crippen LogP contribution is 2.20. The van der Waals surface area contributed by atoms with Crippen LogP contribution in [0.1, 0.15) is 23.7 Å². The number of nitrogens with one attached hydrogen (secondary N) is 1. The van der Waals surface area contributed by atoms with Crippen LogP contribution in [-0.4, -0.2) is 22.2 Å². The number of nitrogens with zero attached hydrogens (tertiary/aromatic N) is 2. The van der Waals surface area contributed by atoms with Crippen molar-refractivity contribution >= 4 is 21.8 Å². The number of aromatic nitrogens is 2. The van der Waals surface area contributed by atoms with Gasteiger partial charge >= 0.3 is 0 Å².